The number of hydrogen-bond acceptors (Lipinski definition) is 2. The van der Waals surface area contributed by atoms with Crippen LogP contribution in [-0.4, -0.2) is 26.3 Å². The predicted molar refractivity (Wildman–Crippen MR) is 75.9 cm³/mol. The van der Waals surface area contributed by atoms with Crippen molar-refractivity contribution in [1.29, 1.82) is 0 Å². The van der Waals surface area contributed by atoms with Gasteiger partial charge in [0.15, 0.2) is 0 Å². The second kappa shape index (κ2) is 6.91. The molecule has 1 aromatic carbocycles. The van der Waals surface area contributed by atoms with Crippen LogP contribution >= 0.6 is 0 Å². The van der Waals surface area contributed by atoms with E-state index in [1.807, 2.05) is 0 Å². The molecule has 1 aliphatic rings. The highest BCUT2D eigenvalue weighted by Crippen LogP contribution is 2.21. The Labute approximate surface area is 111 Å². The van der Waals surface area contributed by atoms with Crippen LogP contribution in [0.1, 0.15) is 30.4 Å². The number of aryl methyl sites for hydroxylation is 1. The van der Waals surface area contributed by atoms with Gasteiger partial charge in [-0.2, -0.15) is 0 Å². The van der Waals surface area contributed by atoms with E-state index in [9.17, 15) is 0 Å². The number of hydrogen-bond donors (Lipinski definition) is 1. The Kier molecular flexibility index (Phi) is 5.21. The van der Waals surface area contributed by atoms with Crippen LogP contribution in [0.2, 0.25) is 0 Å². The van der Waals surface area contributed by atoms with Crippen LogP contribution in [0.4, 0.5) is 0 Å². The molecule has 2 heteroatoms. The molecule has 0 aromatic heterocycles. The van der Waals surface area contributed by atoms with Crippen molar-refractivity contribution >= 4 is 0 Å². The van der Waals surface area contributed by atoms with Gasteiger partial charge in [-0.3, -0.25) is 0 Å². The zero-order valence-electron chi connectivity index (χ0n) is 11.6. The molecule has 1 N–H and O–H groups in total. The summed E-state index contributed by atoms with van der Waals surface area (Å²) in [6.45, 7) is 4.06. The second-order valence-corrected chi connectivity index (χ2v) is 5.47. The van der Waals surface area contributed by atoms with Crippen molar-refractivity contribution in [3.63, 3.8) is 0 Å². The van der Waals surface area contributed by atoms with Crippen molar-refractivity contribution in [1.82, 2.24) is 5.32 Å². The van der Waals surface area contributed by atoms with E-state index in [2.05, 4.69) is 43.6 Å². The SMILES string of the molecule is CNC(Cc1cccc(C)c1)CC1CCOCC1. The first-order chi connectivity index (χ1) is 8.78. The van der Waals surface area contributed by atoms with Gasteiger partial charge in [0.05, 0.1) is 0 Å². The number of ether oxygens (including phenoxy) is 1. The molecule has 100 valence electrons. The molecular weight excluding hydrogens is 222 g/mol. The molecule has 1 fully saturated rings. The Bertz CT molecular complexity index is 358. The molecule has 0 bridgehead atoms. The smallest absolute Gasteiger partial charge is 0.0468 e. The summed E-state index contributed by atoms with van der Waals surface area (Å²) >= 11 is 0. The third-order valence-electron chi connectivity index (χ3n) is 3.93. The van der Waals surface area contributed by atoms with Crippen LogP contribution in [0.5, 0.6) is 0 Å². The van der Waals surface area contributed by atoms with Gasteiger partial charge in [0.2, 0.25) is 0 Å². The van der Waals surface area contributed by atoms with Crippen molar-refractivity contribution in [2.45, 2.75) is 38.6 Å². The topological polar surface area (TPSA) is 21.3 Å². The average molecular weight is 247 g/mol. The van der Waals surface area contributed by atoms with Crippen LogP contribution < -0.4 is 5.32 Å². The molecule has 0 saturated carbocycles. The molecule has 0 spiro atoms. The van der Waals surface area contributed by atoms with Crippen LogP contribution in [0.25, 0.3) is 0 Å². The Morgan fingerprint density at radius 2 is 2.11 bits per heavy atom. The van der Waals surface area contributed by atoms with E-state index in [0.29, 0.717) is 6.04 Å². The lowest BCUT2D eigenvalue weighted by Gasteiger charge is -2.26. The molecule has 1 atom stereocenters. The zero-order valence-corrected chi connectivity index (χ0v) is 11.6. The van der Waals surface area contributed by atoms with Crippen molar-refractivity contribution in [2.24, 2.45) is 5.92 Å². The maximum Gasteiger partial charge on any atom is 0.0468 e. The molecule has 1 aliphatic heterocycles. The van der Waals surface area contributed by atoms with Crippen LogP contribution in [0.3, 0.4) is 0 Å². The normalized spacial score (nSPS) is 18.8. The number of nitrogens with one attached hydrogen (secondary N) is 1. The van der Waals surface area contributed by atoms with Crippen LogP contribution in [0, 0.1) is 12.8 Å². The van der Waals surface area contributed by atoms with Gasteiger partial charge in [0.25, 0.3) is 0 Å². The molecular formula is C16H25NO. The molecule has 1 unspecified atom stereocenters. The number of benzene rings is 1. The lowest BCUT2D eigenvalue weighted by Crippen LogP contribution is -2.32. The fraction of sp³-hybridized carbons (Fsp3) is 0.625. The Morgan fingerprint density at radius 3 is 2.78 bits per heavy atom. The van der Waals surface area contributed by atoms with E-state index < -0.39 is 0 Å². The summed E-state index contributed by atoms with van der Waals surface area (Å²) in [5, 5.41) is 3.48. The third-order valence-corrected chi connectivity index (χ3v) is 3.93. The minimum atomic E-state index is 0.592. The largest absolute Gasteiger partial charge is 0.381 e. The van der Waals surface area contributed by atoms with Gasteiger partial charge < -0.3 is 10.1 Å². The lowest BCUT2D eigenvalue weighted by molar-refractivity contribution is 0.0608. The fourth-order valence-corrected chi connectivity index (χ4v) is 2.81. The summed E-state index contributed by atoms with van der Waals surface area (Å²) in [7, 11) is 2.08. The van der Waals surface area contributed by atoms with Crippen molar-refractivity contribution in [3.05, 3.63) is 35.4 Å². The maximum atomic E-state index is 5.43. The summed E-state index contributed by atoms with van der Waals surface area (Å²) in [6.07, 6.45) is 4.86. The second-order valence-electron chi connectivity index (χ2n) is 5.47. The molecule has 2 rings (SSSR count). The molecule has 1 saturated heterocycles. The van der Waals surface area contributed by atoms with E-state index in [4.69, 9.17) is 4.74 Å². The minimum absolute atomic E-state index is 0.592. The summed E-state index contributed by atoms with van der Waals surface area (Å²) in [5.41, 5.74) is 2.80. The van der Waals surface area contributed by atoms with Crippen LogP contribution in [0.15, 0.2) is 24.3 Å². The third kappa shape index (κ3) is 4.11. The Hall–Kier alpha value is -0.860. The Balaban J connectivity index is 1.88. The summed E-state index contributed by atoms with van der Waals surface area (Å²) in [5.74, 6) is 0.834. The molecule has 0 amide bonds. The van der Waals surface area contributed by atoms with Crippen molar-refractivity contribution in [3.8, 4) is 0 Å². The summed E-state index contributed by atoms with van der Waals surface area (Å²) in [4.78, 5) is 0. The predicted octanol–water partition coefficient (Wildman–Crippen LogP) is 2.94. The van der Waals surface area contributed by atoms with Gasteiger partial charge in [-0.05, 0) is 51.1 Å². The standard InChI is InChI=1S/C16H25NO/c1-13-4-3-5-15(10-13)12-16(17-2)11-14-6-8-18-9-7-14/h3-5,10,14,16-17H,6-9,11-12H2,1-2H3. The van der Waals surface area contributed by atoms with Gasteiger partial charge >= 0.3 is 0 Å². The van der Waals surface area contributed by atoms with Gasteiger partial charge in [-0.1, -0.05) is 29.8 Å². The average Bonchev–Trinajstić information content (AvgIpc) is 2.39. The Morgan fingerprint density at radius 1 is 1.33 bits per heavy atom. The first-order valence-electron chi connectivity index (χ1n) is 7.08. The zero-order chi connectivity index (χ0) is 12.8. The van der Waals surface area contributed by atoms with E-state index in [1.54, 1.807) is 0 Å². The van der Waals surface area contributed by atoms with Gasteiger partial charge in [-0.15, -0.1) is 0 Å². The number of likely N-dealkylation sites (N-methyl/N-ethyl adjacent to an activating group) is 1. The first kappa shape index (κ1) is 13.6. The molecule has 0 aliphatic carbocycles. The highest BCUT2D eigenvalue weighted by atomic mass is 16.5. The molecule has 2 nitrogen and oxygen atoms in total. The van der Waals surface area contributed by atoms with Crippen molar-refractivity contribution < 1.29 is 4.74 Å². The summed E-state index contributed by atoms with van der Waals surface area (Å²) in [6, 6.07) is 9.45. The van der Waals surface area contributed by atoms with E-state index >= 15 is 0 Å². The monoisotopic (exact) mass is 247 g/mol. The molecule has 1 aromatic rings. The van der Waals surface area contributed by atoms with E-state index in [-0.39, 0.29) is 0 Å². The highest BCUT2D eigenvalue weighted by Gasteiger charge is 2.18. The first-order valence-corrected chi connectivity index (χ1v) is 7.08. The van der Waals surface area contributed by atoms with E-state index in [1.165, 1.54) is 30.4 Å². The quantitative estimate of drug-likeness (QED) is 0.864. The number of rotatable bonds is 5. The maximum absolute atomic E-state index is 5.43. The van der Waals surface area contributed by atoms with Gasteiger partial charge in [0, 0.05) is 19.3 Å². The molecule has 1 heterocycles. The molecule has 18 heavy (non-hydrogen) atoms. The van der Waals surface area contributed by atoms with Gasteiger partial charge in [0.1, 0.15) is 0 Å². The van der Waals surface area contributed by atoms with Gasteiger partial charge in [-0.25, -0.2) is 0 Å². The summed E-state index contributed by atoms with van der Waals surface area (Å²) < 4.78 is 5.43. The van der Waals surface area contributed by atoms with Crippen molar-refractivity contribution in [2.75, 3.05) is 20.3 Å². The fourth-order valence-electron chi connectivity index (χ4n) is 2.81. The van der Waals surface area contributed by atoms with Crippen LogP contribution in [-0.2, 0) is 11.2 Å². The minimum Gasteiger partial charge on any atom is -0.381 e. The molecule has 0 radical (unpaired) electrons. The van der Waals surface area contributed by atoms with E-state index in [0.717, 1.165) is 25.6 Å². The lowest BCUT2D eigenvalue weighted by atomic mass is 9.90. The highest BCUT2D eigenvalue weighted by molar-refractivity contribution is 5.23.